The monoisotopic (exact) mass is 252 g/mol. The zero-order valence-electron chi connectivity index (χ0n) is 10.5. The SMILES string of the molecule is C=C[Si](OCC)(OCC)OCc1ccccc1. The van der Waals surface area contributed by atoms with E-state index in [1.54, 1.807) is 5.70 Å². The lowest BCUT2D eigenvalue weighted by Gasteiger charge is -2.25. The summed E-state index contributed by atoms with van der Waals surface area (Å²) >= 11 is 0. The van der Waals surface area contributed by atoms with E-state index in [-0.39, 0.29) is 0 Å². The highest BCUT2D eigenvalue weighted by molar-refractivity contribution is 6.66. The molecule has 94 valence electrons. The molecule has 0 saturated heterocycles. The van der Waals surface area contributed by atoms with Gasteiger partial charge in [0.05, 0.1) is 6.61 Å². The van der Waals surface area contributed by atoms with Gasteiger partial charge in [0.25, 0.3) is 0 Å². The second-order valence-corrected chi connectivity index (χ2v) is 5.93. The molecule has 0 aromatic heterocycles. The van der Waals surface area contributed by atoms with Crippen molar-refractivity contribution in [2.75, 3.05) is 13.2 Å². The van der Waals surface area contributed by atoms with Crippen LogP contribution in [0.15, 0.2) is 42.6 Å². The largest absolute Gasteiger partial charge is 0.529 e. The van der Waals surface area contributed by atoms with Crippen molar-refractivity contribution >= 4 is 8.80 Å². The van der Waals surface area contributed by atoms with Crippen LogP contribution in [-0.4, -0.2) is 22.0 Å². The van der Waals surface area contributed by atoms with Crippen LogP contribution in [0.3, 0.4) is 0 Å². The molecule has 0 aliphatic heterocycles. The minimum Gasteiger partial charge on any atom is -0.371 e. The van der Waals surface area contributed by atoms with Crippen LogP contribution in [0.1, 0.15) is 19.4 Å². The van der Waals surface area contributed by atoms with E-state index in [9.17, 15) is 0 Å². The summed E-state index contributed by atoms with van der Waals surface area (Å²) in [4.78, 5) is 0. The lowest BCUT2D eigenvalue weighted by Crippen LogP contribution is -2.44. The van der Waals surface area contributed by atoms with Gasteiger partial charge in [-0.25, -0.2) is 0 Å². The average molecular weight is 252 g/mol. The van der Waals surface area contributed by atoms with E-state index >= 15 is 0 Å². The van der Waals surface area contributed by atoms with Gasteiger partial charge in [0, 0.05) is 13.2 Å². The minimum atomic E-state index is -2.69. The van der Waals surface area contributed by atoms with Crippen molar-refractivity contribution in [1.82, 2.24) is 0 Å². The Kier molecular flexibility index (Phi) is 6.14. The highest BCUT2D eigenvalue weighted by atomic mass is 28.4. The lowest BCUT2D eigenvalue weighted by atomic mass is 10.2. The summed E-state index contributed by atoms with van der Waals surface area (Å²) in [6.45, 7) is 9.23. The average Bonchev–Trinajstić information content (AvgIpc) is 2.38. The first-order valence-corrected chi connectivity index (χ1v) is 7.66. The fourth-order valence-corrected chi connectivity index (χ4v) is 3.24. The summed E-state index contributed by atoms with van der Waals surface area (Å²) in [7, 11) is -2.69. The summed E-state index contributed by atoms with van der Waals surface area (Å²) < 4.78 is 17.1. The Hall–Kier alpha value is -0.943. The molecule has 1 rings (SSSR count). The van der Waals surface area contributed by atoms with Gasteiger partial charge in [-0.15, -0.1) is 0 Å². The molecule has 17 heavy (non-hydrogen) atoms. The Balaban J connectivity index is 2.62. The summed E-state index contributed by atoms with van der Waals surface area (Å²) in [6, 6.07) is 9.97. The third-order valence-corrected chi connectivity index (χ3v) is 4.65. The van der Waals surface area contributed by atoms with Crippen molar-refractivity contribution in [2.24, 2.45) is 0 Å². The van der Waals surface area contributed by atoms with Crippen LogP contribution in [0.5, 0.6) is 0 Å². The predicted octanol–water partition coefficient (Wildman–Crippen LogP) is 2.94. The van der Waals surface area contributed by atoms with Crippen molar-refractivity contribution in [3.05, 3.63) is 48.2 Å². The molecule has 0 fully saturated rings. The van der Waals surface area contributed by atoms with Gasteiger partial charge < -0.3 is 13.3 Å². The van der Waals surface area contributed by atoms with Crippen molar-refractivity contribution in [3.8, 4) is 0 Å². The quantitative estimate of drug-likeness (QED) is 0.666. The maximum Gasteiger partial charge on any atom is 0.529 e. The maximum absolute atomic E-state index is 5.82. The van der Waals surface area contributed by atoms with Gasteiger partial charge >= 0.3 is 8.80 Å². The molecule has 0 atom stereocenters. The first-order chi connectivity index (χ1) is 8.26. The van der Waals surface area contributed by atoms with Crippen molar-refractivity contribution < 1.29 is 13.3 Å². The van der Waals surface area contributed by atoms with Crippen LogP contribution in [0.25, 0.3) is 0 Å². The standard InChI is InChI=1S/C13H20O3Si/c1-4-14-17(6-3,15-5-2)16-12-13-10-8-7-9-11-13/h6-11H,3-5,12H2,1-2H3. The van der Waals surface area contributed by atoms with Crippen molar-refractivity contribution in [3.63, 3.8) is 0 Å². The topological polar surface area (TPSA) is 27.7 Å². The normalized spacial score (nSPS) is 11.4. The molecule has 0 spiro atoms. The predicted molar refractivity (Wildman–Crippen MR) is 70.4 cm³/mol. The molecule has 0 unspecified atom stereocenters. The summed E-state index contributed by atoms with van der Waals surface area (Å²) in [6.07, 6.45) is 0. The third-order valence-electron chi connectivity index (χ3n) is 2.22. The Morgan fingerprint density at radius 2 is 1.65 bits per heavy atom. The summed E-state index contributed by atoms with van der Waals surface area (Å²) in [5.41, 5.74) is 2.79. The Bertz CT molecular complexity index is 321. The second-order valence-electron chi connectivity index (χ2n) is 3.45. The smallest absolute Gasteiger partial charge is 0.371 e. The van der Waals surface area contributed by atoms with Gasteiger partial charge in [-0.05, 0) is 25.1 Å². The Morgan fingerprint density at radius 3 is 2.12 bits per heavy atom. The number of rotatable bonds is 8. The molecule has 0 aliphatic rings. The van der Waals surface area contributed by atoms with Crippen LogP contribution in [-0.2, 0) is 19.9 Å². The lowest BCUT2D eigenvalue weighted by molar-refractivity contribution is 0.0739. The zero-order valence-corrected chi connectivity index (χ0v) is 11.5. The summed E-state index contributed by atoms with van der Waals surface area (Å²) in [5.74, 6) is 0. The molecule has 1 aromatic carbocycles. The first-order valence-electron chi connectivity index (χ1n) is 5.85. The van der Waals surface area contributed by atoms with Crippen LogP contribution >= 0.6 is 0 Å². The molecule has 3 nitrogen and oxygen atoms in total. The molecule has 0 radical (unpaired) electrons. The molecule has 1 aromatic rings. The van der Waals surface area contributed by atoms with E-state index in [4.69, 9.17) is 13.3 Å². The minimum absolute atomic E-state index is 0.485. The van der Waals surface area contributed by atoms with E-state index < -0.39 is 8.80 Å². The number of hydrogen-bond donors (Lipinski definition) is 0. The van der Waals surface area contributed by atoms with Crippen molar-refractivity contribution in [2.45, 2.75) is 20.5 Å². The first kappa shape index (κ1) is 14.1. The van der Waals surface area contributed by atoms with Gasteiger partial charge in [-0.2, -0.15) is 0 Å². The van der Waals surface area contributed by atoms with E-state index in [1.807, 2.05) is 44.2 Å². The maximum atomic E-state index is 5.82. The fraction of sp³-hybridized carbons (Fsp3) is 0.385. The van der Waals surface area contributed by atoms with Crippen LogP contribution in [0.4, 0.5) is 0 Å². The van der Waals surface area contributed by atoms with Gasteiger partial charge in [-0.3, -0.25) is 0 Å². The molecule has 0 bridgehead atoms. The van der Waals surface area contributed by atoms with Gasteiger partial charge in [-0.1, -0.05) is 36.9 Å². The van der Waals surface area contributed by atoms with Crippen LogP contribution in [0, 0.1) is 0 Å². The highest BCUT2D eigenvalue weighted by Gasteiger charge is 2.37. The van der Waals surface area contributed by atoms with Gasteiger partial charge in [0.15, 0.2) is 0 Å². The second kappa shape index (κ2) is 7.40. The Labute approximate surface area is 104 Å². The van der Waals surface area contributed by atoms with E-state index in [0.717, 1.165) is 5.56 Å². The third kappa shape index (κ3) is 4.44. The molecule has 0 N–H and O–H groups in total. The fourth-order valence-electron chi connectivity index (χ4n) is 1.46. The molecule has 0 heterocycles. The van der Waals surface area contributed by atoms with Gasteiger partial charge in [0.1, 0.15) is 0 Å². The number of hydrogen-bond acceptors (Lipinski definition) is 3. The zero-order chi connectivity index (χ0) is 12.6. The van der Waals surface area contributed by atoms with E-state index in [0.29, 0.717) is 19.8 Å². The van der Waals surface area contributed by atoms with Crippen LogP contribution < -0.4 is 0 Å². The molecular formula is C13H20O3Si. The summed E-state index contributed by atoms with van der Waals surface area (Å²) in [5, 5.41) is 0. The van der Waals surface area contributed by atoms with Crippen molar-refractivity contribution in [1.29, 1.82) is 0 Å². The number of benzene rings is 1. The van der Waals surface area contributed by atoms with E-state index in [2.05, 4.69) is 6.58 Å². The highest BCUT2D eigenvalue weighted by Crippen LogP contribution is 2.14. The molecule has 0 aliphatic carbocycles. The molecule has 4 heteroatoms. The van der Waals surface area contributed by atoms with E-state index in [1.165, 1.54) is 0 Å². The Morgan fingerprint density at radius 1 is 1.06 bits per heavy atom. The molecule has 0 amide bonds. The molecule has 0 saturated carbocycles. The van der Waals surface area contributed by atoms with Gasteiger partial charge in [0.2, 0.25) is 0 Å². The molecular weight excluding hydrogens is 232 g/mol. The van der Waals surface area contributed by atoms with Crippen LogP contribution in [0.2, 0.25) is 0 Å².